The maximum atomic E-state index is 13.5. The third-order valence-electron chi connectivity index (χ3n) is 6.90. The summed E-state index contributed by atoms with van der Waals surface area (Å²) in [6.07, 6.45) is 0.195. The fraction of sp³-hybridized carbons (Fsp3) is 0.240. The van der Waals surface area contributed by atoms with Gasteiger partial charge in [0.05, 0.1) is 30.0 Å². The van der Waals surface area contributed by atoms with Crippen molar-refractivity contribution in [1.29, 1.82) is 5.26 Å². The SMILES string of the molecule is N#Cc1ccc(N2CN3C4CC([C@@H]3C2=O)N(C(=O)Oc2ccc(F)cc2)C4)c2ccccc12. The Bertz CT molecular complexity index is 1340. The largest absolute Gasteiger partial charge is 0.415 e. The average Bonchev–Trinajstić information content (AvgIpc) is 3.51. The fourth-order valence-electron chi connectivity index (χ4n) is 5.42. The molecule has 3 aromatic rings. The van der Waals surface area contributed by atoms with Gasteiger partial charge in [-0.25, -0.2) is 9.18 Å². The highest BCUT2D eigenvalue weighted by Crippen LogP contribution is 2.43. The summed E-state index contributed by atoms with van der Waals surface area (Å²) >= 11 is 0. The highest BCUT2D eigenvalue weighted by atomic mass is 19.1. The van der Waals surface area contributed by atoms with E-state index in [1.807, 2.05) is 30.3 Å². The van der Waals surface area contributed by atoms with Crippen LogP contribution in [0.4, 0.5) is 14.9 Å². The van der Waals surface area contributed by atoms with Crippen molar-refractivity contribution in [3.05, 3.63) is 72.0 Å². The number of likely N-dealkylation sites (tertiary alicyclic amines) is 1. The number of carbonyl (C=O) groups is 2. The number of hydrogen-bond acceptors (Lipinski definition) is 5. The molecule has 0 spiro atoms. The molecule has 3 aromatic carbocycles. The third kappa shape index (κ3) is 2.97. The number of nitriles is 1. The van der Waals surface area contributed by atoms with Gasteiger partial charge in [-0.05, 0) is 42.8 Å². The highest BCUT2D eigenvalue weighted by Gasteiger charge is 2.59. The number of halogens is 1. The first-order valence-corrected chi connectivity index (χ1v) is 10.8. The fourth-order valence-corrected chi connectivity index (χ4v) is 5.42. The second kappa shape index (κ2) is 7.29. The number of benzene rings is 3. The summed E-state index contributed by atoms with van der Waals surface area (Å²) < 4.78 is 18.6. The van der Waals surface area contributed by atoms with Gasteiger partial charge in [0.1, 0.15) is 17.6 Å². The second-order valence-electron chi connectivity index (χ2n) is 8.59. The molecule has 0 N–H and O–H groups in total. The molecule has 0 aromatic heterocycles. The van der Waals surface area contributed by atoms with Gasteiger partial charge in [-0.1, -0.05) is 24.3 Å². The lowest BCUT2D eigenvalue weighted by Crippen LogP contribution is -2.54. The van der Waals surface area contributed by atoms with Gasteiger partial charge in [0.25, 0.3) is 0 Å². The lowest BCUT2D eigenvalue weighted by Gasteiger charge is -2.34. The Morgan fingerprint density at radius 2 is 1.82 bits per heavy atom. The van der Waals surface area contributed by atoms with Gasteiger partial charge in [0.15, 0.2) is 0 Å². The van der Waals surface area contributed by atoms with Crippen LogP contribution in [0.5, 0.6) is 5.75 Å². The number of ether oxygens (including phenoxy) is 1. The van der Waals surface area contributed by atoms with Crippen molar-refractivity contribution in [2.75, 3.05) is 18.1 Å². The predicted molar refractivity (Wildman–Crippen MR) is 118 cm³/mol. The molecule has 7 nitrogen and oxygen atoms in total. The second-order valence-corrected chi connectivity index (χ2v) is 8.59. The molecular formula is C25H19FN4O3. The van der Waals surface area contributed by atoms with Gasteiger partial charge in [-0.3, -0.25) is 14.6 Å². The van der Waals surface area contributed by atoms with Crippen LogP contribution in [0.2, 0.25) is 0 Å². The summed E-state index contributed by atoms with van der Waals surface area (Å²) in [5.74, 6) is -0.196. The van der Waals surface area contributed by atoms with Crippen LogP contribution in [-0.4, -0.2) is 53.1 Å². The van der Waals surface area contributed by atoms with Crippen molar-refractivity contribution in [2.24, 2.45) is 0 Å². The molecule has 2 unspecified atom stereocenters. The summed E-state index contributed by atoms with van der Waals surface area (Å²) in [6, 6.07) is 18.0. The van der Waals surface area contributed by atoms with Crippen LogP contribution in [0.15, 0.2) is 60.7 Å². The minimum absolute atomic E-state index is 0.0587. The number of fused-ring (bicyclic) bond motifs is 6. The van der Waals surface area contributed by atoms with Gasteiger partial charge < -0.3 is 9.64 Å². The molecular weight excluding hydrogens is 423 g/mol. The quantitative estimate of drug-likeness (QED) is 0.607. The molecule has 3 heterocycles. The first-order valence-electron chi connectivity index (χ1n) is 10.8. The smallest absolute Gasteiger partial charge is 0.410 e. The van der Waals surface area contributed by atoms with Gasteiger partial charge in [-0.2, -0.15) is 5.26 Å². The molecule has 0 aliphatic carbocycles. The van der Waals surface area contributed by atoms with E-state index < -0.39 is 18.0 Å². The van der Waals surface area contributed by atoms with Crippen LogP contribution < -0.4 is 9.64 Å². The molecule has 0 saturated carbocycles. The van der Waals surface area contributed by atoms with E-state index in [0.29, 0.717) is 18.8 Å². The number of carbonyl (C=O) groups excluding carboxylic acids is 2. The molecule has 3 atom stereocenters. The van der Waals surface area contributed by atoms with Crippen molar-refractivity contribution >= 4 is 28.5 Å². The van der Waals surface area contributed by atoms with Crippen molar-refractivity contribution in [3.8, 4) is 11.8 Å². The molecule has 3 fully saturated rings. The summed E-state index contributed by atoms with van der Waals surface area (Å²) in [5.41, 5.74) is 1.33. The van der Waals surface area contributed by atoms with E-state index >= 15 is 0 Å². The van der Waals surface area contributed by atoms with Gasteiger partial charge in [-0.15, -0.1) is 0 Å². The molecule has 2 bridgehead atoms. The van der Waals surface area contributed by atoms with Crippen molar-refractivity contribution in [2.45, 2.75) is 24.5 Å². The molecule has 6 rings (SSSR count). The van der Waals surface area contributed by atoms with Crippen LogP contribution >= 0.6 is 0 Å². The molecule has 8 heteroatoms. The number of piperazine rings is 1. The van der Waals surface area contributed by atoms with E-state index in [4.69, 9.17) is 4.74 Å². The van der Waals surface area contributed by atoms with E-state index in [-0.39, 0.29) is 23.7 Å². The normalized spacial score (nSPS) is 23.8. The minimum Gasteiger partial charge on any atom is -0.410 e. The Morgan fingerprint density at radius 1 is 1.06 bits per heavy atom. The zero-order chi connectivity index (χ0) is 22.7. The Balaban J connectivity index is 1.27. The van der Waals surface area contributed by atoms with E-state index in [2.05, 4.69) is 11.0 Å². The standard InChI is InChI=1S/C25H19FN4O3/c26-16-6-8-18(9-7-16)33-25(32)28-13-17-11-22(28)23-24(31)30(14-29(17)23)21-10-5-15(12-27)19-3-1-2-4-20(19)21/h1-10,17,22-23H,11,13-14H2/t17?,22?,23-/m1/s1. The van der Waals surface area contributed by atoms with Crippen LogP contribution in [0.1, 0.15) is 12.0 Å². The van der Waals surface area contributed by atoms with Crippen LogP contribution in [0, 0.1) is 17.1 Å². The van der Waals surface area contributed by atoms with Crippen molar-refractivity contribution < 1.29 is 18.7 Å². The Kier molecular flexibility index (Phi) is 4.35. The van der Waals surface area contributed by atoms with Crippen molar-refractivity contribution in [3.63, 3.8) is 0 Å². The summed E-state index contributed by atoms with van der Waals surface area (Å²) in [6.45, 7) is 0.928. The third-order valence-corrected chi connectivity index (χ3v) is 6.90. The van der Waals surface area contributed by atoms with E-state index in [0.717, 1.165) is 22.9 Å². The lowest BCUT2D eigenvalue weighted by molar-refractivity contribution is -0.121. The Labute approximate surface area is 189 Å². The summed E-state index contributed by atoms with van der Waals surface area (Å²) in [5, 5.41) is 11.1. The molecule has 3 aliphatic heterocycles. The Morgan fingerprint density at radius 3 is 2.58 bits per heavy atom. The summed E-state index contributed by atoms with van der Waals surface area (Å²) in [7, 11) is 0. The van der Waals surface area contributed by atoms with Gasteiger partial charge >= 0.3 is 6.09 Å². The number of nitrogens with zero attached hydrogens (tertiary/aromatic N) is 4. The highest BCUT2D eigenvalue weighted by molar-refractivity contribution is 6.08. The number of rotatable bonds is 2. The maximum Gasteiger partial charge on any atom is 0.415 e. The minimum atomic E-state index is -0.524. The monoisotopic (exact) mass is 442 g/mol. The van der Waals surface area contributed by atoms with Crippen LogP contribution in [0.25, 0.3) is 10.8 Å². The summed E-state index contributed by atoms with van der Waals surface area (Å²) in [4.78, 5) is 31.9. The first-order chi connectivity index (χ1) is 16.0. The zero-order valence-corrected chi connectivity index (χ0v) is 17.5. The van der Waals surface area contributed by atoms with Crippen LogP contribution in [0.3, 0.4) is 0 Å². The molecule has 0 radical (unpaired) electrons. The van der Waals surface area contributed by atoms with E-state index in [1.165, 1.54) is 24.3 Å². The lowest BCUT2D eigenvalue weighted by atomic mass is 10.0. The molecule has 3 aliphatic rings. The molecule has 33 heavy (non-hydrogen) atoms. The zero-order valence-electron chi connectivity index (χ0n) is 17.5. The molecule has 3 saturated heterocycles. The van der Waals surface area contributed by atoms with E-state index in [9.17, 15) is 19.2 Å². The van der Waals surface area contributed by atoms with Gasteiger partial charge in [0, 0.05) is 23.4 Å². The topological polar surface area (TPSA) is 76.9 Å². The first kappa shape index (κ1) is 19.7. The Hall–Kier alpha value is -3.96. The molecule has 2 amide bonds. The number of anilines is 1. The number of amides is 2. The van der Waals surface area contributed by atoms with Crippen LogP contribution in [-0.2, 0) is 4.79 Å². The number of hydrogen-bond donors (Lipinski definition) is 0. The molecule has 164 valence electrons. The maximum absolute atomic E-state index is 13.5. The van der Waals surface area contributed by atoms with Crippen molar-refractivity contribution in [1.82, 2.24) is 9.80 Å². The van der Waals surface area contributed by atoms with Gasteiger partial charge in [0.2, 0.25) is 5.91 Å². The average molecular weight is 442 g/mol. The predicted octanol–water partition coefficient (Wildman–Crippen LogP) is 3.48. The van der Waals surface area contributed by atoms with E-state index in [1.54, 1.807) is 15.9 Å².